The molecular weight excluding hydrogens is 288 g/mol. The molecule has 8 heteroatoms. The van der Waals surface area contributed by atoms with Gasteiger partial charge in [0.25, 0.3) is 11.6 Å². The van der Waals surface area contributed by atoms with Crippen LogP contribution in [0.5, 0.6) is 0 Å². The second-order valence-electron chi connectivity index (χ2n) is 3.59. The molecule has 1 aromatic rings. The summed E-state index contributed by atoms with van der Waals surface area (Å²) in [6.07, 6.45) is 1.47. The molecule has 1 aromatic carbocycles. The number of hydrogen-bond donors (Lipinski definition) is 1. The summed E-state index contributed by atoms with van der Waals surface area (Å²) < 4.78 is 4.71. The van der Waals surface area contributed by atoms with Crippen molar-refractivity contribution in [1.29, 1.82) is 0 Å². The first-order valence-electron chi connectivity index (χ1n) is 5.44. The zero-order valence-corrected chi connectivity index (χ0v) is 11.1. The number of rotatable bonds is 6. The van der Waals surface area contributed by atoms with Gasteiger partial charge in [-0.2, -0.15) is 0 Å². The van der Waals surface area contributed by atoms with Crippen LogP contribution in [-0.4, -0.2) is 30.0 Å². The zero-order chi connectivity index (χ0) is 15.1. The van der Waals surface area contributed by atoms with Crippen molar-refractivity contribution < 1.29 is 19.2 Å². The average Bonchev–Trinajstić information content (AvgIpc) is 2.42. The summed E-state index contributed by atoms with van der Waals surface area (Å²) in [5.74, 6) is -1.35. The van der Waals surface area contributed by atoms with Crippen LogP contribution in [0.4, 0.5) is 5.69 Å². The zero-order valence-electron chi connectivity index (χ0n) is 10.3. The number of nitrogens with one attached hydrogen (secondary N) is 1. The van der Waals surface area contributed by atoms with E-state index in [9.17, 15) is 19.7 Å². The number of benzene rings is 1. The minimum absolute atomic E-state index is 0.0578. The van der Waals surface area contributed by atoms with Gasteiger partial charge in [0.15, 0.2) is 6.61 Å². The van der Waals surface area contributed by atoms with Crippen molar-refractivity contribution in [2.24, 2.45) is 0 Å². The van der Waals surface area contributed by atoms with E-state index < -0.39 is 29.1 Å². The fourth-order valence-electron chi connectivity index (χ4n) is 1.23. The maximum atomic E-state index is 11.6. The fraction of sp³-hybridized carbons (Fsp3) is 0.167. The first kappa shape index (κ1) is 15.6. The third kappa shape index (κ3) is 4.36. The average molecular weight is 299 g/mol. The van der Waals surface area contributed by atoms with E-state index in [4.69, 9.17) is 16.3 Å². The summed E-state index contributed by atoms with van der Waals surface area (Å²) in [6, 6.07) is 3.49. The lowest BCUT2D eigenvalue weighted by molar-refractivity contribution is -0.384. The Morgan fingerprint density at radius 3 is 2.80 bits per heavy atom. The van der Waals surface area contributed by atoms with Gasteiger partial charge in [-0.3, -0.25) is 14.9 Å². The molecule has 0 saturated heterocycles. The highest BCUT2D eigenvalue weighted by atomic mass is 35.5. The summed E-state index contributed by atoms with van der Waals surface area (Å²) in [4.78, 5) is 32.8. The van der Waals surface area contributed by atoms with Crippen LogP contribution in [0, 0.1) is 10.1 Å². The number of ether oxygens (including phenoxy) is 1. The Kier molecular flexibility index (Phi) is 5.67. The Bertz CT molecular complexity index is 559. The summed E-state index contributed by atoms with van der Waals surface area (Å²) in [6.45, 7) is 3.18. The lowest BCUT2D eigenvalue weighted by atomic mass is 10.2. The quantitative estimate of drug-likeness (QED) is 0.373. The van der Waals surface area contributed by atoms with Crippen molar-refractivity contribution in [1.82, 2.24) is 5.32 Å². The van der Waals surface area contributed by atoms with Gasteiger partial charge in [-0.05, 0) is 12.1 Å². The molecule has 0 bridgehead atoms. The molecule has 0 spiro atoms. The minimum Gasteiger partial charge on any atom is -0.452 e. The molecular formula is C12H11ClN2O5. The molecule has 0 aliphatic rings. The van der Waals surface area contributed by atoms with Gasteiger partial charge in [0, 0.05) is 12.6 Å². The maximum absolute atomic E-state index is 11.6. The molecule has 0 fully saturated rings. The van der Waals surface area contributed by atoms with Crippen LogP contribution < -0.4 is 5.32 Å². The number of carbonyl (C=O) groups is 2. The molecule has 7 nitrogen and oxygen atoms in total. The summed E-state index contributed by atoms with van der Waals surface area (Å²) in [5.41, 5.74) is -0.463. The number of hydrogen-bond acceptors (Lipinski definition) is 5. The van der Waals surface area contributed by atoms with Crippen LogP contribution in [0.2, 0.25) is 5.02 Å². The highest BCUT2D eigenvalue weighted by Crippen LogP contribution is 2.25. The van der Waals surface area contributed by atoms with E-state index >= 15 is 0 Å². The topological polar surface area (TPSA) is 98.5 Å². The van der Waals surface area contributed by atoms with E-state index in [1.54, 1.807) is 0 Å². The van der Waals surface area contributed by atoms with Crippen molar-refractivity contribution in [2.45, 2.75) is 0 Å². The van der Waals surface area contributed by atoms with Gasteiger partial charge < -0.3 is 10.1 Å². The minimum atomic E-state index is -0.849. The van der Waals surface area contributed by atoms with E-state index in [-0.39, 0.29) is 17.1 Å². The van der Waals surface area contributed by atoms with Crippen molar-refractivity contribution in [3.8, 4) is 0 Å². The van der Waals surface area contributed by atoms with Crippen molar-refractivity contribution in [2.75, 3.05) is 13.2 Å². The van der Waals surface area contributed by atoms with Crippen LogP contribution in [-0.2, 0) is 9.53 Å². The Hall–Kier alpha value is -2.41. The van der Waals surface area contributed by atoms with Crippen LogP contribution in [0.3, 0.4) is 0 Å². The molecule has 0 atom stereocenters. The fourth-order valence-corrected chi connectivity index (χ4v) is 1.42. The lowest BCUT2D eigenvalue weighted by Gasteiger charge is -2.05. The van der Waals surface area contributed by atoms with E-state index in [2.05, 4.69) is 11.9 Å². The number of nitrogens with zero attached hydrogens (tertiary/aromatic N) is 1. The van der Waals surface area contributed by atoms with Gasteiger partial charge in [0.05, 0.1) is 10.5 Å². The number of amides is 1. The third-order valence-electron chi connectivity index (χ3n) is 2.16. The van der Waals surface area contributed by atoms with E-state index in [1.165, 1.54) is 18.2 Å². The first-order valence-corrected chi connectivity index (χ1v) is 5.82. The molecule has 0 saturated carbocycles. The molecule has 0 aliphatic heterocycles. The molecule has 1 N–H and O–H groups in total. The standard InChI is InChI=1S/C12H11ClN2O5/c1-2-5-14-11(16)7-20-12(17)8-3-4-9(13)10(6-8)15(18)19/h2-4,6H,1,5,7H2,(H,14,16). The number of halogens is 1. The highest BCUT2D eigenvalue weighted by Gasteiger charge is 2.17. The lowest BCUT2D eigenvalue weighted by Crippen LogP contribution is -2.28. The Balaban J connectivity index is 2.68. The van der Waals surface area contributed by atoms with Crippen LogP contribution in [0.25, 0.3) is 0 Å². The molecule has 1 rings (SSSR count). The summed E-state index contributed by atoms with van der Waals surface area (Å²) in [7, 11) is 0. The molecule has 0 heterocycles. The van der Waals surface area contributed by atoms with E-state index in [1.807, 2.05) is 0 Å². The molecule has 1 amide bonds. The normalized spacial score (nSPS) is 9.65. The monoisotopic (exact) mass is 298 g/mol. The molecule has 0 aliphatic carbocycles. The number of nitro benzene ring substituents is 1. The largest absolute Gasteiger partial charge is 0.452 e. The highest BCUT2D eigenvalue weighted by molar-refractivity contribution is 6.32. The van der Waals surface area contributed by atoms with Crippen LogP contribution >= 0.6 is 11.6 Å². The van der Waals surface area contributed by atoms with Crippen molar-refractivity contribution >= 4 is 29.2 Å². The number of carbonyl (C=O) groups excluding carboxylic acids is 2. The van der Waals surface area contributed by atoms with Crippen molar-refractivity contribution in [3.05, 3.63) is 51.6 Å². The molecule has 106 valence electrons. The van der Waals surface area contributed by atoms with Gasteiger partial charge in [0.2, 0.25) is 0 Å². The predicted molar refractivity (Wildman–Crippen MR) is 71.6 cm³/mol. The van der Waals surface area contributed by atoms with Gasteiger partial charge in [0.1, 0.15) is 5.02 Å². The first-order chi connectivity index (χ1) is 9.45. The van der Waals surface area contributed by atoms with Crippen LogP contribution in [0.1, 0.15) is 10.4 Å². The summed E-state index contributed by atoms with van der Waals surface area (Å²) >= 11 is 5.61. The van der Waals surface area contributed by atoms with E-state index in [0.717, 1.165) is 6.07 Å². The molecule has 0 radical (unpaired) electrons. The number of nitro groups is 1. The Morgan fingerprint density at radius 2 is 2.20 bits per heavy atom. The second kappa shape index (κ2) is 7.25. The third-order valence-corrected chi connectivity index (χ3v) is 2.48. The van der Waals surface area contributed by atoms with Gasteiger partial charge in [-0.25, -0.2) is 4.79 Å². The predicted octanol–water partition coefficient (Wildman–Crippen LogP) is 1.71. The Morgan fingerprint density at radius 1 is 1.50 bits per heavy atom. The molecule has 20 heavy (non-hydrogen) atoms. The molecule has 0 unspecified atom stereocenters. The van der Waals surface area contributed by atoms with Crippen LogP contribution in [0.15, 0.2) is 30.9 Å². The smallest absolute Gasteiger partial charge is 0.338 e. The summed E-state index contributed by atoms with van der Waals surface area (Å²) in [5, 5.41) is 13.0. The Labute approximate surface area is 119 Å². The van der Waals surface area contributed by atoms with Gasteiger partial charge >= 0.3 is 5.97 Å². The van der Waals surface area contributed by atoms with E-state index in [0.29, 0.717) is 0 Å². The van der Waals surface area contributed by atoms with Crippen molar-refractivity contribution in [3.63, 3.8) is 0 Å². The SMILES string of the molecule is C=CCNC(=O)COC(=O)c1ccc(Cl)c([N+](=O)[O-])c1. The second-order valence-corrected chi connectivity index (χ2v) is 4.00. The molecule has 0 aromatic heterocycles. The van der Waals surface area contributed by atoms with Gasteiger partial charge in [-0.1, -0.05) is 17.7 Å². The number of esters is 1. The van der Waals surface area contributed by atoms with Gasteiger partial charge in [-0.15, -0.1) is 6.58 Å². The maximum Gasteiger partial charge on any atom is 0.338 e.